The van der Waals surface area contributed by atoms with E-state index in [4.69, 9.17) is 0 Å². The van der Waals surface area contributed by atoms with Gasteiger partial charge in [0.25, 0.3) is 0 Å². The maximum atomic E-state index is 13.2. The Morgan fingerprint density at radius 1 is 1.45 bits per heavy atom. The zero-order valence-corrected chi connectivity index (χ0v) is 6.76. The lowest BCUT2D eigenvalue weighted by Gasteiger charge is -2.07. The van der Waals surface area contributed by atoms with Gasteiger partial charge >= 0.3 is 0 Å². The molecule has 0 aromatic carbocycles. The summed E-state index contributed by atoms with van der Waals surface area (Å²) in [6.07, 6.45) is 8.33. The summed E-state index contributed by atoms with van der Waals surface area (Å²) in [5, 5.41) is 2.94. The van der Waals surface area contributed by atoms with Crippen LogP contribution in [-0.4, -0.2) is 12.7 Å². The standard InChI is InChI=1S/C9H12FN/c1-9(10)6-3-4-8(11-2)5-7-9/h3-7,11H,1-2H3. The van der Waals surface area contributed by atoms with E-state index in [0.29, 0.717) is 0 Å². The fourth-order valence-corrected chi connectivity index (χ4v) is 0.870. The second-order valence-corrected chi connectivity index (χ2v) is 2.72. The minimum atomic E-state index is -1.31. The molecule has 1 atom stereocenters. The summed E-state index contributed by atoms with van der Waals surface area (Å²) in [5.74, 6) is 0. The summed E-state index contributed by atoms with van der Waals surface area (Å²) < 4.78 is 13.2. The molecule has 1 rings (SSSR count). The third-order valence-electron chi connectivity index (χ3n) is 1.58. The van der Waals surface area contributed by atoms with E-state index in [-0.39, 0.29) is 0 Å². The van der Waals surface area contributed by atoms with E-state index in [1.807, 2.05) is 13.1 Å². The smallest absolute Gasteiger partial charge is 0.145 e. The highest BCUT2D eigenvalue weighted by Crippen LogP contribution is 2.17. The van der Waals surface area contributed by atoms with Crippen LogP contribution >= 0.6 is 0 Å². The highest BCUT2D eigenvalue weighted by Gasteiger charge is 2.14. The molecule has 0 bridgehead atoms. The number of hydrogen-bond acceptors (Lipinski definition) is 1. The van der Waals surface area contributed by atoms with E-state index in [2.05, 4.69) is 5.32 Å². The van der Waals surface area contributed by atoms with Crippen LogP contribution in [0.15, 0.2) is 36.1 Å². The number of nitrogens with one attached hydrogen (secondary N) is 1. The van der Waals surface area contributed by atoms with Gasteiger partial charge in [0, 0.05) is 12.7 Å². The molecule has 60 valence electrons. The molecule has 2 heteroatoms. The fourth-order valence-electron chi connectivity index (χ4n) is 0.870. The largest absolute Gasteiger partial charge is 0.388 e. The maximum absolute atomic E-state index is 13.2. The first-order valence-corrected chi connectivity index (χ1v) is 3.59. The fraction of sp³-hybridized carbons (Fsp3) is 0.333. The van der Waals surface area contributed by atoms with Crippen LogP contribution < -0.4 is 5.32 Å². The monoisotopic (exact) mass is 153 g/mol. The van der Waals surface area contributed by atoms with E-state index < -0.39 is 5.67 Å². The Kier molecular flexibility index (Phi) is 2.13. The zero-order chi connectivity index (χ0) is 8.32. The molecule has 0 fully saturated rings. The molecule has 1 aliphatic rings. The molecule has 0 saturated carbocycles. The quantitative estimate of drug-likeness (QED) is 0.607. The second-order valence-electron chi connectivity index (χ2n) is 2.72. The average molecular weight is 153 g/mol. The molecule has 1 aliphatic carbocycles. The Balaban J connectivity index is 2.83. The van der Waals surface area contributed by atoms with Gasteiger partial charge in [-0.1, -0.05) is 6.08 Å². The van der Waals surface area contributed by atoms with Crippen molar-refractivity contribution < 1.29 is 4.39 Å². The molecule has 1 N–H and O–H groups in total. The van der Waals surface area contributed by atoms with E-state index in [1.165, 1.54) is 19.1 Å². The van der Waals surface area contributed by atoms with Gasteiger partial charge in [-0.2, -0.15) is 0 Å². The van der Waals surface area contributed by atoms with Crippen LogP contribution in [0.1, 0.15) is 6.92 Å². The predicted molar refractivity (Wildman–Crippen MR) is 44.9 cm³/mol. The van der Waals surface area contributed by atoms with Crippen molar-refractivity contribution >= 4 is 0 Å². The molecule has 0 saturated heterocycles. The van der Waals surface area contributed by atoms with Crippen LogP contribution in [0.2, 0.25) is 0 Å². The van der Waals surface area contributed by atoms with Gasteiger partial charge in [-0.25, -0.2) is 4.39 Å². The van der Waals surface area contributed by atoms with Crippen LogP contribution in [0.25, 0.3) is 0 Å². The van der Waals surface area contributed by atoms with Crippen LogP contribution in [-0.2, 0) is 0 Å². The van der Waals surface area contributed by atoms with E-state index in [1.54, 1.807) is 12.2 Å². The van der Waals surface area contributed by atoms with Gasteiger partial charge in [0.05, 0.1) is 0 Å². The van der Waals surface area contributed by atoms with Gasteiger partial charge in [-0.15, -0.1) is 0 Å². The normalized spacial score (nSPS) is 29.5. The molecule has 0 aliphatic heterocycles. The molecule has 0 heterocycles. The molecule has 0 spiro atoms. The summed E-state index contributed by atoms with van der Waals surface area (Å²) in [7, 11) is 1.81. The van der Waals surface area contributed by atoms with E-state index in [0.717, 1.165) is 5.70 Å². The molecule has 1 unspecified atom stereocenters. The number of allylic oxidation sites excluding steroid dienone is 5. The second kappa shape index (κ2) is 2.91. The van der Waals surface area contributed by atoms with Crippen LogP contribution in [0.5, 0.6) is 0 Å². The topological polar surface area (TPSA) is 12.0 Å². The van der Waals surface area contributed by atoms with Gasteiger partial charge in [0.15, 0.2) is 0 Å². The summed E-state index contributed by atoms with van der Waals surface area (Å²) in [5.41, 5.74) is -0.391. The van der Waals surface area contributed by atoms with Crippen molar-refractivity contribution in [2.24, 2.45) is 0 Å². The lowest BCUT2D eigenvalue weighted by atomic mass is 10.1. The van der Waals surface area contributed by atoms with Gasteiger partial charge in [0.2, 0.25) is 0 Å². The molecule has 0 aromatic rings. The van der Waals surface area contributed by atoms with Crippen molar-refractivity contribution in [1.82, 2.24) is 5.32 Å². The SMILES string of the molecule is CNC1=CC=CC(C)(F)C=C1. The van der Waals surface area contributed by atoms with Crippen molar-refractivity contribution in [3.63, 3.8) is 0 Å². The Bertz CT molecular complexity index is 224. The Hall–Kier alpha value is -1.05. The third kappa shape index (κ3) is 2.22. The van der Waals surface area contributed by atoms with Crippen molar-refractivity contribution in [3.05, 3.63) is 36.1 Å². The molecular weight excluding hydrogens is 141 g/mol. The summed E-state index contributed by atoms with van der Waals surface area (Å²) in [4.78, 5) is 0. The minimum absolute atomic E-state index is 0.919. The Morgan fingerprint density at radius 2 is 2.18 bits per heavy atom. The third-order valence-corrected chi connectivity index (χ3v) is 1.58. The lowest BCUT2D eigenvalue weighted by Crippen LogP contribution is -2.09. The molecule has 11 heavy (non-hydrogen) atoms. The highest BCUT2D eigenvalue weighted by molar-refractivity contribution is 5.31. The first-order chi connectivity index (χ1) is 5.14. The molecular formula is C9H12FN. The number of hydrogen-bond donors (Lipinski definition) is 1. The van der Waals surface area contributed by atoms with Gasteiger partial charge < -0.3 is 5.32 Å². The predicted octanol–water partition coefficient (Wildman–Crippen LogP) is 1.94. The van der Waals surface area contributed by atoms with Crippen molar-refractivity contribution in [2.45, 2.75) is 12.6 Å². The Labute approximate surface area is 66.3 Å². The maximum Gasteiger partial charge on any atom is 0.145 e. The average Bonchev–Trinajstić information content (AvgIpc) is 2.10. The van der Waals surface area contributed by atoms with Crippen LogP contribution in [0.4, 0.5) is 4.39 Å². The van der Waals surface area contributed by atoms with Gasteiger partial charge in [0.1, 0.15) is 5.67 Å². The number of rotatable bonds is 1. The van der Waals surface area contributed by atoms with Crippen molar-refractivity contribution in [3.8, 4) is 0 Å². The first-order valence-electron chi connectivity index (χ1n) is 3.59. The number of alkyl halides is 1. The van der Waals surface area contributed by atoms with Crippen LogP contribution in [0, 0.1) is 0 Å². The zero-order valence-electron chi connectivity index (χ0n) is 6.76. The van der Waals surface area contributed by atoms with Gasteiger partial charge in [-0.3, -0.25) is 0 Å². The highest BCUT2D eigenvalue weighted by atomic mass is 19.1. The molecule has 0 amide bonds. The van der Waals surface area contributed by atoms with Crippen LogP contribution in [0.3, 0.4) is 0 Å². The van der Waals surface area contributed by atoms with Gasteiger partial charge in [-0.05, 0) is 31.2 Å². The molecule has 1 nitrogen and oxygen atoms in total. The van der Waals surface area contributed by atoms with Crippen molar-refractivity contribution in [1.29, 1.82) is 0 Å². The molecule has 0 radical (unpaired) electrons. The molecule has 0 aromatic heterocycles. The van der Waals surface area contributed by atoms with E-state index >= 15 is 0 Å². The number of likely N-dealkylation sites (N-methyl/N-ethyl adjacent to an activating group) is 1. The summed E-state index contributed by atoms with van der Waals surface area (Å²) >= 11 is 0. The lowest BCUT2D eigenvalue weighted by molar-refractivity contribution is 0.328. The first kappa shape index (κ1) is 8.05. The summed E-state index contributed by atoms with van der Waals surface area (Å²) in [6, 6.07) is 0. The Morgan fingerprint density at radius 3 is 2.82 bits per heavy atom. The van der Waals surface area contributed by atoms with Crippen molar-refractivity contribution in [2.75, 3.05) is 7.05 Å². The number of halogens is 1. The van der Waals surface area contributed by atoms with E-state index in [9.17, 15) is 4.39 Å². The summed E-state index contributed by atoms with van der Waals surface area (Å²) in [6.45, 7) is 1.52. The minimum Gasteiger partial charge on any atom is -0.388 e.